The van der Waals surface area contributed by atoms with Crippen molar-refractivity contribution in [1.29, 1.82) is 0 Å². The maximum atomic E-state index is 14.2. The van der Waals surface area contributed by atoms with Crippen LogP contribution in [0, 0.1) is 6.92 Å². The van der Waals surface area contributed by atoms with Crippen LogP contribution in [0.2, 0.25) is 0 Å². The second kappa shape index (κ2) is 8.14. The Morgan fingerprint density at radius 1 is 1.19 bits per heavy atom. The van der Waals surface area contributed by atoms with Gasteiger partial charge in [0.1, 0.15) is 6.17 Å². The van der Waals surface area contributed by atoms with Crippen LogP contribution in [0.25, 0.3) is 0 Å². The standard InChI is InChI=1S/C23H23FN6O2/c1-15-10-17(6-8-25-15)22(31)30-12-18(24)11-19(30)13-28-14-20(26-27-28)23(32)29-9-7-16-4-2-3-5-21(16)29/h2-6,8,10,14,18-19H,7,9,11-13H2,1H3/t18-,19-/m0/s1. The Kier molecular flexibility index (Phi) is 5.16. The summed E-state index contributed by atoms with van der Waals surface area (Å²) in [6, 6.07) is 10.8. The van der Waals surface area contributed by atoms with Gasteiger partial charge in [-0.15, -0.1) is 5.10 Å². The van der Waals surface area contributed by atoms with E-state index < -0.39 is 6.17 Å². The highest BCUT2D eigenvalue weighted by atomic mass is 19.1. The Balaban J connectivity index is 1.31. The highest BCUT2D eigenvalue weighted by molar-refractivity contribution is 6.05. The first-order chi connectivity index (χ1) is 15.5. The number of para-hydroxylation sites is 1. The molecule has 0 N–H and O–H groups in total. The normalized spacial score (nSPS) is 19.9. The molecule has 2 aliphatic heterocycles. The highest BCUT2D eigenvalue weighted by Crippen LogP contribution is 2.29. The van der Waals surface area contributed by atoms with Crippen LogP contribution in [-0.4, -0.2) is 62.0 Å². The number of rotatable bonds is 4. The fraction of sp³-hybridized carbons (Fsp3) is 0.348. The number of anilines is 1. The number of likely N-dealkylation sites (tertiary alicyclic amines) is 1. The number of benzene rings is 1. The Labute approximate surface area is 184 Å². The maximum Gasteiger partial charge on any atom is 0.280 e. The molecule has 0 aliphatic carbocycles. The zero-order valence-electron chi connectivity index (χ0n) is 17.7. The number of carbonyl (C=O) groups excluding carboxylic acids is 2. The van der Waals surface area contributed by atoms with Crippen LogP contribution in [0.5, 0.6) is 0 Å². The van der Waals surface area contributed by atoms with Crippen molar-refractivity contribution in [2.45, 2.75) is 38.5 Å². The fourth-order valence-corrected chi connectivity index (χ4v) is 4.51. The first-order valence-corrected chi connectivity index (χ1v) is 10.7. The second-order valence-corrected chi connectivity index (χ2v) is 8.29. The van der Waals surface area contributed by atoms with Gasteiger partial charge in [0, 0.05) is 36.1 Å². The van der Waals surface area contributed by atoms with E-state index in [0.717, 1.165) is 23.4 Å². The van der Waals surface area contributed by atoms with Crippen molar-refractivity contribution in [3.63, 3.8) is 0 Å². The molecule has 164 valence electrons. The quantitative estimate of drug-likeness (QED) is 0.630. The Morgan fingerprint density at radius 2 is 2.03 bits per heavy atom. The predicted octanol–water partition coefficient (Wildman–Crippen LogP) is 2.44. The number of halogens is 1. The van der Waals surface area contributed by atoms with Crippen LogP contribution in [0.4, 0.5) is 10.1 Å². The summed E-state index contributed by atoms with van der Waals surface area (Å²) in [5.74, 6) is -0.443. The molecule has 5 rings (SSSR count). The van der Waals surface area contributed by atoms with Gasteiger partial charge < -0.3 is 9.80 Å². The summed E-state index contributed by atoms with van der Waals surface area (Å²) in [4.78, 5) is 33.3. The topological polar surface area (TPSA) is 84.2 Å². The molecule has 1 fully saturated rings. The van der Waals surface area contributed by atoms with Gasteiger partial charge in [0.15, 0.2) is 5.69 Å². The van der Waals surface area contributed by atoms with Gasteiger partial charge in [0.25, 0.3) is 11.8 Å². The highest BCUT2D eigenvalue weighted by Gasteiger charge is 2.36. The zero-order chi connectivity index (χ0) is 22.2. The van der Waals surface area contributed by atoms with E-state index in [1.165, 1.54) is 4.68 Å². The molecule has 9 heteroatoms. The van der Waals surface area contributed by atoms with Crippen molar-refractivity contribution in [2.75, 3.05) is 18.0 Å². The number of hydrogen-bond acceptors (Lipinski definition) is 5. The molecule has 4 heterocycles. The maximum absolute atomic E-state index is 14.2. The van der Waals surface area contributed by atoms with Crippen LogP contribution in [0.15, 0.2) is 48.8 Å². The second-order valence-electron chi connectivity index (χ2n) is 8.29. The summed E-state index contributed by atoms with van der Waals surface area (Å²) in [7, 11) is 0. The number of aromatic nitrogens is 4. The number of hydrogen-bond donors (Lipinski definition) is 0. The monoisotopic (exact) mass is 434 g/mol. The summed E-state index contributed by atoms with van der Waals surface area (Å²) in [5.41, 5.74) is 3.48. The van der Waals surface area contributed by atoms with Crippen molar-refractivity contribution < 1.29 is 14.0 Å². The van der Waals surface area contributed by atoms with Crippen molar-refractivity contribution >= 4 is 17.5 Å². The number of carbonyl (C=O) groups is 2. The van der Waals surface area contributed by atoms with Gasteiger partial charge in [-0.3, -0.25) is 14.6 Å². The first-order valence-electron chi connectivity index (χ1n) is 10.7. The average Bonchev–Trinajstić information content (AvgIpc) is 3.51. The number of amides is 2. The number of nitrogens with zero attached hydrogens (tertiary/aromatic N) is 6. The van der Waals surface area contributed by atoms with E-state index in [9.17, 15) is 14.0 Å². The molecule has 0 spiro atoms. The SMILES string of the molecule is Cc1cc(C(=O)N2C[C@@H](F)C[C@H]2Cn2cc(C(=O)N3CCc4ccccc43)nn2)ccn1. The summed E-state index contributed by atoms with van der Waals surface area (Å²) in [5, 5.41) is 8.13. The molecule has 32 heavy (non-hydrogen) atoms. The van der Waals surface area contributed by atoms with Gasteiger partial charge in [-0.1, -0.05) is 23.4 Å². The minimum Gasteiger partial charge on any atom is -0.331 e. The molecular weight excluding hydrogens is 411 g/mol. The summed E-state index contributed by atoms with van der Waals surface area (Å²) >= 11 is 0. The lowest BCUT2D eigenvalue weighted by atomic mass is 10.1. The minimum atomic E-state index is -1.10. The molecule has 2 amide bonds. The van der Waals surface area contributed by atoms with Crippen molar-refractivity contribution in [1.82, 2.24) is 24.9 Å². The molecule has 1 saturated heterocycles. The third-order valence-corrected chi connectivity index (χ3v) is 6.06. The van der Waals surface area contributed by atoms with Crippen LogP contribution >= 0.6 is 0 Å². The fourth-order valence-electron chi connectivity index (χ4n) is 4.51. The van der Waals surface area contributed by atoms with E-state index >= 15 is 0 Å². The largest absolute Gasteiger partial charge is 0.331 e. The van der Waals surface area contributed by atoms with Crippen LogP contribution < -0.4 is 4.90 Å². The van der Waals surface area contributed by atoms with Crippen molar-refractivity contribution in [3.8, 4) is 0 Å². The van der Waals surface area contributed by atoms with Crippen LogP contribution in [0.3, 0.4) is 0 Å². The van der Waals surface area contributed by atoms with Crippen LogP contribution in [0.1, 0.15) is 38.5 Å². The lowest BCUT2D eigenvalue weighted by molar-refractivity contribution is 0.0714. The van der Waals surface area contributed by atoms with Gasteiger partial charge in [-0.05, 0) is 37.1 Å². The lowest BCUT2D eigenvalue weighted by Crippen LogP contribution is -2.38. The predicted molar refractivity (Wildman–Crippen MR) is 115 cm³/mol. The molecule has 1 aromatic carbocycles. The number of aryl methyl sites for hydroxylation is 1. The zero-order valence-corrected chi connectivity index (χ0v) is 17.7. The minimum absolute atomic E-state index is 0.0376. The smallest absolute Gasteiger partial charge is 0.280 e. The molecule has 8 nitrogen and oxygen atoms in total. The number of fused-ring (bicyclic) bond motifs is 1. The van der Waals surface area contributed by atoms with E-state index in [2.05, 4.69) is 15.3 Å². The van der Waals surface area contributed by atoms with E-state index in [0.29, 0.717) is 12.1 Å². The molecule has 3 aromatic rings. The third-order valence-electron chi connectivity index (χ3n) is 6.06. The van der Waals surface area contributed by atoms with Gasteiger partial charge in [0.2, 0.25) is 0 Å². The van der Waals surface area contributed by atoms with Crippen LogP contribution in [-0.2, 0) is 13.0 Å². The van der Waals surface area contributed by atoms with Gasteiger partial charge >= 0.3 is 0 Å². The van der Waals surface area contributed by atoms with Crippen molar-refractivity contribution in [3.05, 3.63) is 71.3 Å². The Morgan fingerprint density at radius 3 is 2.88 bits per heavy atom. The molecule has 2 atom stereocenters. The Bertz CT molecular complexity index is 1180. The average molecular weight is 434 g/mol. The summed E-state index contributed by atoms with van der Waals surface area (Å²) in [6.07, 6.45) is 3.08. The molecule has 0 radical (unpaired) electrons. The van der Waals surface area contributed by atoms with Crippen molar-refractivity contribution in [2.24, 2.45) is 0 Å². The Hall–Kier alpha value is -3.62. The lowest BCUT2D eigenvalue weighted by Gasteiger charge is -2.24. The molecule has 0 unspecified atom stereocenters. The number of alkyl halides is 1. The van der Waals surface area contributed by atoms with E-state index in [1.807, 2.05) is 31.2 Å². The van der Waals surface area contributed by atoms with E-state index in [1.54, 1.807) is 34.3 Å². The molecule has 0 saturated carbocycles. The van der Waals surface area contributed by atoms with Gasteiger partial charge in [-0.25, -0.2) is 9.07 Å². The summed E-state index contributed by atoms with van der Waals surface area (Å²) < 4.78 is 15.8. The van der Waals surface area contributed by atoms with Gasteiger partial charge in [-0.2, -0.15) is 0 Å². The molecular formula is C23H23FN6O2. The first kappa shape index (κ1) is 20.3. The molecule has 0 bridgehead atoms. The van der Waals surface area contributed by atoms with Gasteiger partial charge in [0.05, 0.1) is 25.3 Å². The molecule has 2 aliphatic rings. The van der Waals surface area contributed by atoms with E-state index in [-0.39, 0.29) is 43.1 Å². The van der Waals surface area contributed by atoms with E-state index in [4.69, 9.17) is 0 Å². The molecule has 2 aromatic heterocycles. The summed E-state index contributed by atoms with van der Waals surface area (Å²) in [6.45, 7) is 2.72. The number of pyridine rings is 1. The third kappa shape index (κ3) is 3.74.